The summed E-state index contributed by atoms with van der Waals surface area (Å²) < 4.78 is 4.61. The number of para-hydroxylation sites is 5. The highest BCUT2D eigenvalue weighted by molar-refractivity contribution is 6.12. The highest BCUT2D eigenvalue weighted by Gasteiger charge is 2.24. The molecule has 0 bridgehead atoms. The molecular weight excluding hydrogens is 585 g/mol. The van der Waals surface area contributed by atoms with Gasteiger partial charge in [0, 0.05) is 38.2 Å². The maximum Gasteiger partial charge on any atom is 0.0998 e. The molecule has 4 nitrogen and oxygen atoms in total. The van der Waals surface area contributed by atoms with Crippen LogP contribution in [-0.2, 0) is 0 Å². The number of hydrogen-bond donors (Lipinski definition) is 0. The summed E-state index contributed by atoms with van der Waals surface area (Å²) in [6.07, 6.45) is 0. The van der Waals surface area contributed by atoms with Crippen LogP contribution in [0.25, 0.3) is 77.2 Å². The Morgan fingerprint density at radius 2 is 0.708 bits per heavy atom. The molecule has 0 aliphatic carbocycles. The van der Waals surface area contributed by atoms with Crippen LogP contribution in [0.3, 0.4) is 0 Å². The lowest BCUT2D eigenvalue weighted by atomic mass is 9.87. The molecule has 9 aromatic rings. The van der Waals surface area contributed by atoms with E-state index < -0.39 is 0 Å². The molecule has 222 valence electrons. The third-order valence-corrected chi connectivity index (χ3v) is 9.43. The molecule has 0 amide bonds. The molecular formula is C44H26N4. The van der Waals surface area contributed by atoms with Crippen molar-refractivity contribution in [2.75, 3.05) is 0 Å². The zero-order valence-electron chi connectivity index (χ0n) is 25.8. The van der Waals surface area contributed by atoms with Crippen molar-refractivity contribution in [1.29, 1.82) is 10.5 Å². The normalized spacial score (nSPS) is 11.3. The molecule has 0 aliphatic heterocycles. The number of nitrogens with zero attached hydrogens (tertiary/aromatic N) is 4. The van der Waals surface area contributed by atoms with Crippen LogP contribution in [0.2, 0.25) is 0 Å². The second-order valence-electron chi connectivity index (χ2n) is 11.9. The largest absolute Gasteiger partial charge is 0.309 e. The zero-order valence-corrected chi connectivity index (χ0v) is 25.8. The van der Waals surface area contributed by atoms with Gasteiger partial charge in [-0.25, -0.2) is 0 Å². The van der Waals surface area contributed by atoms with Crippen molar-refractivity contribution >= 4 is 43.6 Å². The minimum Gasteiger partial charge on any atom is -0.309 e. The van der Waals surface area contributed by atoms with E-state index in [9.17, 15) is 10.5 Å². The van der Waals surface area contributed by atoms with Crippen LogP contribution in [0, 0.1) is 22.7 Å². The van der Waals surface area contributed by atoms with Gasteiger partial charge < -0.3 is 9.13 Å². The first-order valence-electron chi connectivity index (χ1n) is 15.9. The van der Waals surface area contributed by atoms with Crippen molar-refractivity contribution in [2.45, 2.75) is 0 Å². The maximum atomic E-state index is 10.5. The zero-order chi connectivity index (χ0) is 32.2. The van der Waals surface area contributed by atoms with E-state index in [0.29, 0.717) is 16.7 Å². The van der Waals surface area contributed by atoms with Gasteiger partial charge in [-0.15, -0.1) is 0 Å². The second kappa shape index (κ2) is 10.9. The standard InChI is InChI=1S/C44H26N4/c45-27-29-13-11-14-30(28-46)43(29)44-36(20-12-26-42(44)48-39-23-8-3-17-33(39)34-18-4-9-24-40(34)48)35-19-5-10-25-41(35)47-37-21-6-1-15-31(37)32-16-2-7-22-38(32)47/h1-26H. The average molecular weight is 611 g/mol. The Balaban J connectivity index is 1.46. The number of aromatic nitrogens is 2. The Hall–Kier alpha value is -6.88. The Kier molecular flexibility index (Phi) is 6.22. The van der Waals surface area contributed by atoms with Gasteiger partial charge in [-0.1, -0.05) is 109 Å². The quantitative estimate of drug-likeness (QED) is 0.199. The summed E-state index contributed by atoms with van der Waals surface area (Å²) in [5, 5.41) is 25.6. The van der Waals surface area contributed by atoms with Gasteiger partial charge in [-0.05, 0) is 54.1 Å². The molecule has 0 fully saturated rings. The molecule has 0 aliphatic rings. The molecule has 0 saturated heterocycles. The van der Waals surface area contributed by atoms with Crippen LogP contribution >= 0.6 is 0 Å². The Morgan fingerprint density at radius 1 is 0.333 bits per heavy atom. The fourth-order valence-corrected chi connectivity index (χ4v) is 7.48. The minimum absolute atomic E-state index is 0.456. The Labute approximate surface area is 277 Å². The summed E-state index contributed by atoms with van der Waals surface area (Å²) in [4.78, 5) is 0. The van der Waals surface area contributed by atoms with Crippen LogP contribution in [-0.4, -0.2) is 9.13 Å². The minimum atomic E-state index is 0.456. The molecule has 0 unspecified atom stereocenters. The molecule has 0 saturated carbocycles. The van der Waals surface area contributed by atoms with Crippen LogP contribution < -0.4 is 0 Å². The fraction of sp³-hybridized carbons (Fsp3) is 0. The molecule has 0 spiro atoms. The number of nitriles is 2. The SMILES string of the molecule is N#Cc1cccc(C#N)c1-c1c(-c2ccccc2-n2c3ccccc3c3ccccc32)cccc1-n1c2ccccc2c2ccccc21. The van der Waals surface area contributed by atoms with Gasteiger partial charge in [0.25, 0.3) is 0 Å². The van der Waals surface area contributed by atoms with E-state index in [1.54, 1.807) is 6.07 Å². The van der Waals surface area contributed by atoms with E-state index in [2.05, 4.69) is 161 Å². The predicted octanol–water partition coefficient (Wildman–Crippen LogP) is 11.0. The topological polar surface area (TPSA) is 57.4 Å². The van der Waals surface area contributed by atoms with Crippen LogP contribution in [0.15, 0.2) is 158 Å². The summed E-state index contributed by atoms with van der Waals surface area (Å²) in [6.45, 7) is 0. The summed E-state index contributed by atoms with van der Waals surface area (Å²) in [7, 11) is 0. The van der Waals surface area contributed by atoms with E-state index >= 15 is 0 Å². The van der Waals surface area contributed by atoms with Gasteiger partial charge in [0.1, 0.15) is 0 Å². The van der Waals surface area contributed by atoms with Gasteiger partial charge in [-0.3, -0.25) is 0 Å². The molecule has 2 heterocycles. The lowest BCUT2D eigenvalue weighted by Gasteiger charge is -2.22. The average Bonchev–Trinajstić information content (AvgIpc) is 3.67. The van der Waals surface area contributed by atoms with E-state index in [0.717, 1.165) is 60.9 Å². The number of benzene rings is 7. The summed E-state index contributed by atoms with van der Waals surface area (Å²) in [6, 6.07) is 58.8. The molecule has 9 rings (SSSR count). The van der Waals surface area contributed by atoms with Crippen molar-refractivity contribution < 1.29 is 0 Å². The summed E-state index contributed by atoms with van der Waals surface area (Å²) in [5.41, 5.74) is 10.6. The van der Waals surface area contributed by atoms with E-state index in [1.165, 1.54) is 10.8 Å². The van der Waals surface area contributed by atoms with Gasteiger partial charge in [0.2, 0.25) is 0 Å². The van der Waals surface area contributed by atoms with Crippen molar-refractivity contribution in [1.82, 2.24) is 9.13 Å². The van der Waals surface area contributed by atoms with E-state index in [4.69, 9.17) is 0 Å². The highest BCUT2D eigenvalue weighted by Crippen LogP contribution is 2.45. The lowest BCUT2D eigenvalue weighted by molar-refractivity contribution is 1.17. The molecule has 0 N–H and O–H groups in total. The first kappa shape index (κ1) is 27.4. The van der Waals surface area contributed by atoms with Crippen LogP contribution in [0.5, 0.6) is 0 Å². The van der Waals surface area contributed by atoms with Crippen molar-refractivity contribution in [2.24, 2.45) is 0 Å². The Morgan fingerprint density at radius 3 is 1.21 bits per heavy atom. The third kappa shape index (κ3) is 3.94. The van der Waals surface area contributed by atoms with Crippen molar-refractivity contribution in [3.63, 3.8) is 0 Å². The molecule has 7 aromatic carbocycles. The van der Waals surface area contributed by atoms with Gasteiger partial charge in [-0.2, -0.15) is 10.5 Å². The van der Waals surface area contributed by atoms with Crippen LogP contribution in [0.4, 0.5) is 0 Å². The van der Waals surface area contributed by atoms with Gasteiger partial charge >= 0.3 is 0 Å². The summed E-state index contributed by atoms with van der Waals surface area (Å²) >= 11 is 0. The van der Waals surface area contributed by atoms with Crippen LogP contribution in [0.1, 0.15) is 11.1 Å². The van der Waals surface area contributed by atoms with Crippen molar-refractivity contribution in [3.05, 3.63) is 169 Å². The fourth-order valence-electron chi connectivity index (χ4n) is 7.48. The molecule has 4 heteroatoms. The molecule has 48 heavy (non-hydrogen) atoms. The predicted molar refractivity (Wildman–Crippen MR) is 195 cm³/mol. The number of rotatable bonds is 4. The highest BCUT2D eigenvalue weighted by atomic mass is 15.0. The van der Waals surface area contributed by atoms with E-state index in [1.807, 2.05) is 12.1 Å². The first-order chi connectivity index (χ1) is 23.8. The Bertz CT molecular complexity index is 2680. The molecule has 0 radical (unpaired) electrons. The lowest BCUT2D eigenvalue weighted by Crippen LogP contribution is -2.03. The first-order valence-corrected chi connectivity index (χ1v) is 15.9. The maximum absolute atomic E-state index is 10.5. The van der Waals surface area contributed by atoms with E-state index in [-0.39, 0.29) is 0 Å². The van der Waals surface area contributed by atoms with Gasteiger partial charge in [0.05, 0.1) is 56.7 Å². The molecule has 0 atom stereocenters. The monoisotopic (exact) mass is 610 g/mol. The number of fused-ring (bicyclic) bond motifs is 6. The summed E-state index contributed by atoms with van der Waals surface area (Å²) in [5.74, 6) is 0. The molecule has 2 aromatic heterocycles. The smallest absolute Gasteiger partial charge is 0.0998 e. The number of hydrogen-bond acceptors (Lipinski definition) is 2. The second-order valence-corrected chi connectivity index (χ2v) is 11.9. The van der Waals surface area contributed by atoms with Gasteiger partial charge in [0.15, 0.2) is 0 Å². The van der Waals surface area contributed by atoms with Crippen molar-refractivity contribution in [3.8, 4) is 45.8 Å². The third-order valence-electron chi connectivity index (χ3n) is 9.43.